The van der Waals surface area contributed by atoms with E-state index in [1.165, 1.54) is 19.8 Å². The molecule has 0 aromatic heterocycles. The number of hydrogen-bond acceptors (Lipinski definition) is 2. The Labute approximate surface area is 171 Å². The van der Waals surface area contributed by atoms with Crippen LogP contribution in [0.15, 0.2) is 54.6 Å². The van der Waals surface area contributed by atoms with Gasteiger partial charge in [-0.15, -0.1) is 0 Å². The van der Waals surface area contributed by atoms with Gasteiger partial charge in [0.1, 0.15) is 0 Å². The highest BCUT2D eigenvalue weighted by Crippen LogP contribution is 2.36. The van der Waals surface area contributed by atoms with E-state index in [9.17, 15) is 9.59 Å². The van der Waals surface area contributed by atoms with Gasteiger partial charge >= 0.3 is 0 Å². The van der Waals surface area contributed by atoms with Gasteiger partial charge in [0.05, 0.1) is 18.5 Å². The molecular formula is C23H27ClN2O2. The second-order valence-corrected chi connectivity index (χ2v) is 7.95. The summed E-state index contributed by atoms with van der Waals surface area (Å²) in [4.78, 5) is 24.6. The molecule has 148 valence electrons. The van der Waals surface area contributed by atoms with Crippen molar-refractivity contribution in [2.45, 2.75) is 51.1 Å². The minimum Gasteiger partial charge on any atom is -0.349 e. The SMILES string of the molecule is CC(=O)NC(CC(=O)NC(c1ccccc1)C1CCCC1)c1ccc(Cl)cc1. The molecule has 5 heteroatoms. The Hall–Kier alpha value is -2.33. The Morgan fingerprint density at radius 3 is 2.21 bits per heavy atom. The third-order valence-electron chi connectivity index (χ3n) is 5.39. The van der Waals surface area contributed by atoms with Gasteiger partial charge in [0.15, 0.2) is 0 Å². The molecule has 28 heavy (non-hydrogen) atoms. The molecule has 2 atom stereocenters. The highest BCUT2D eigenvalue weighted by molar-refractivity contribution is 6.30. The van der Waals surface area contributed by atoms with Crippen molar-refractivity contribution in [1.29, 1.82) is 0 Å². The van der Waals surface area contributed by atoms with E-state index < -0.39 is 0 Å². The minimum absolute atomic E-state index is 0.0133. The first-order valence-electron chi connectivity index (χ1n) is 9.90. The van der Waals surface area contributed by atoms with Gasteiger partial charge in [-0.05, 0) is 42.0 Å². The van der Waals surface area contributed by atoms with Crippen molar-refractivity contribution in [2.24, 2.45) is 5.92 Å². The molecule has 1 saturated carbocycles. The lowest BCUT2D eigenvalue weighted by molar-refractivity contribution is -0.123. The average molecular weight is 399 g/mol. The minimum atomic E-state index is -0.380. The number of rotatable bonds is 7. The summed E-state index contributed by atoms with van der Waals surface area (Å²) in [6.45, 7) is 1.46. The van der Waals surface area contributed by atoms with Crippen LogP contribution in [0.4, 0.5) is 0 Å². The molecule has 1 aliphatic rings. The average Bonchev–Trinajstić information content (AvgIpc) is 3.21. The highest BCUT2D eigenvalue weighted by Gasteiger charge is 2.28. The lowest BCUT2D eigenvalue weighted by Gasteiger charge is -2.26. The second kappa shape index (κ2) is 9.74. The quantitative estimate of drug-likeness (QED) is 0.692. The van der Waals surface area contributed by atoms with Crippen LogP contribution >= 0.6 is 11.6 Å². The van der Waals surface area contributed by atoms with Crippen LogP contribution in [0.25, 0.3) is 0 Å². The predicted octanol–water partition coefficient (Wildman–Crippen LogP) is 4.96. The van der Waals surface area contributed by atoms with E-state index in [4.69, 9.17) is 11.6 Å². The van der Waals surface area contributed by atoms with Gasteiger partial charge in [-0.3, -0.25) is 9.59 Å². The first-order valence-corrected chi connectivity index (χ1v) is 10.3. The molecule has 2 aromatic rings. The van der Waals surface area contributed by atoms with E-state index in [2.05, 4.69) is 22.8 Å². The van der Waals surface area contributed by atoms with E-state index >= 15 is 0 Å². The zero-order chi connectivity index (χ0) is 19.9. The second-order valence-electron chi connectivity index (χ2n) is 7.51. The molecule has 2 N–H and O–H groups in total. The van der Waals surface area contributed by atoms with E-state index in [1.807, 2.05) is 30.3 Å². The molecule has 0 saturated heterocycles. The first-order chi connectivity index (χ1) is 13.5. The van der Waals surface area contributed by atoms with Crippen LogP contribution in [0.2, 0.25) is 5.02 Å². The van der Waals surface area contributed by atoms with E-state index in [1.54, 1.807) is 12.1 Å². The standard InChI is InChI=1S/C23H27ClN2O2/c1-16(27)25-21(17-11-13-20(24)14-12-17)15-22(28)26-23(19-9-5-6-10-19)18-7-3-2-4-8-18/h2-4,7-8,11-14,19,21,23H,5-6,9-10,15H2,1H3,(H,25,27)(H,26,28). The van der Waals surface area contributed by atoms with Crippen LogP contribution in [0.5, 0.6) is 0 Å². The van der Waals surface area contributed by atoms with Crippen LogP contribution < -0.4 is 10.6 Å². The highest BCUT2D eigenvalue weighted by atomic mass is 35.5. The molecule has 2 amide bonds. The third-order valence-corrected chi connectivity index (χ3v) is 5.64. The molecule has 3 rings (SSSR count). The van der Waals surface area contributed by atoms with Crippen LogP contribution in [-0.4, -0.2) is 11.8 Å². The van der Waals surface area contributed by atoms with Crippen molar-refractivity contribution in [3.63, 3.8) is 0 Å². The number of carbonyl (C=O) groups is 2. The lowest BCUT2D eigenvalue weighted by atomic mass is 9.91. The van der Waals surface area contributed by atoms with Crippen LogP contribution in [-0.2, 0) is 9.59 Å². The molecule has 0 aliphatic heterocycles. The summed E-state index contributed by atoms with van der Waals surface area (Å²) in [5.41, 5.74) is 2.01. The lowest BCUT2D eigenvalue weighted by Crippen LogP contribution is -2.36. The fourth-order valence-corrected chi connectivity index (χ4v) is 4.16. The van der Waals surface area contributed by atoms with Crippen molar-refractivity contribution in [1.82, 2.24) is 10.6 Å². The maximum Gasteiger partial charge on any atom is 0.222 e. The summed E-state index contributed by atoms with van der Waals surface area (Å²) in [6, 6.07) is 17.0. The van der Waals surface area contributed by atoms with Gasteiger partial charge in [0.25, 0.3) is 0 Å². The van der Waals surface area contributed by atoms with Crippen molar-refractivity contribution >= 4 is 23.4 Å². The van der Waals surface area contributed by atoms with Crippen molar-refractivity contribution in [2.75, 3.05) is 0 Å². The zero-order valence-corrected chi connectivity index (χ0v) is 16.9. The maximum atomic E-state index is 12.9. The maximum absolute atomic E-state index is 12.9. The van der Waals surface area contributed by atoms with Gasteiger partial charge < -0.3 is 10.6 Å². The number of halogens is 1. The summed E-state index contributed by atoms with van der Waals surface area (Å²) in [6.07, 6.45) is 4.88. The summed E-state index contributed by atoms with van der Waals surface area (Å²) in [5.74, 6) is 0.235. The molecule has 0 spiro atoms. The summed E-state index contributed by atoms with van der Waals surface area (Å²) >= 11 is 5.97. The molecule has 0 heterocycles. The largest absolute Gasteiger partial charge is 0.349 e. The summed E-state index contributed by atoms with van der Waals surface area (Å²) in [7, 11) is 0. The Bertz CT molecular complexity index is 786. The van der Waals surface area contributed by atoms with Crippen molar-refractivity contribution in [3.8, 4) is 0 Å². The van der Waals surface area contributed by atoms with Gasteiger partial charge in [0, 0.05) is 11.9 Å². The number of benzene rings is 2. The topological polar surface area (TPSA) is 58.2 Å². The van der Waals surface area contributed by atoms with Crippen LogP contribution in [0, 0.1) is 5.92 Å². The molecular weight excluding hydrogens is 372 g/mol. The number of carbonyl (C=O) groups excluding carboxylic acids is 2. The van der Waals surface area contributed by atoms with Crippen molar-refractivity contribution in [3.05, 3.63) is 70.7 Å². The van der Waals surface area contributed by atoms with E-state index in [0.717, 1.165) is 24.0 Å². The molecule has 4 nitrogen and oxygen atoms in total. The monoisotopic (exact) mass is 398 g/mol. The smallest absolute Gasteiger partial charge is 0.222 e. The zero-order valence-electron chi connectivity index (χ0n) is 16.2. The third kappa shape index (κ3) is 5.59. The Balaban J connectivity index is 1.74. The van der Waals surface area contributed by atoms with Gasteiger partial charge in [-0.2, -0.15) is 0 Å². The van der Waals surface area contributed by atoms with Crippen molar-refractivity contribution < 1.29 is 9.59 Å². The first kappa shape index (κ1) is 20.4. The molecule has 0 radical (unpaired) electrons. The fraction of sp³-hybridized carbons (Fsp3) is 0.391. The number of hydrogen-bond donors (Lipinski definition) is 2. The molecule has 1 aliphatic carbocycles. The van der Waals surface area contributed by atoms with E-state index in [-0.39, 0.29) is 30.3 Å². The Morgan fingerprint density at radius 1 is 0.964 bits per heavy atom. The molecule has 0 bridgehead atoms. The van der Waals surface area contributed by atoms with Crippen LogP contribution in [0.3, 0.4) is 0 Å². The van der Waals surface area contributed by atoms with Gasteiger partial charge in [-0.1, -0.05) is 66.9 Å². The van der Waals surface area contributed by atoms with Gasteiger partial charge in [-0.25, -0.2) is 0 Å². The molecule has 2 aromatic carbocycles. The molecule has 2 unspecified atom stereocenters. The Kier molecular flexibility index (Phi) is 7.10. The summed E-state index contributed by atoms with van der Waals surface area (Å²) in [5, 5.41) is 6.76. The van der Waals surface area contributed by atoms with Crippen LogP contribution in [0.1, 0.15) is 62.2 Å². The number of nitrogens with one attached hydrogen (secondary N) is 2. The predicted molar refractivity (Wildman–Crippen MR) is 112 cm³/mol. The normalized spacial score (nSPS) is 16.4. The van der Waals surface area contributed by atoms with E-state index in [0.29, 0.717) is 10.9 Å². The molecule has 1 fully saturated rings. The van der Waals surface area contributed by atoms with Gasteiger partial charge in [0.2, 0.25) is 11.8 Å². The Morgan fingerprint density at radius 2 is 1.61 bits per heavy atom. The fourth-order valence-electron chi connectivity index (χ4n) is 4.03. The summed E-state index contributed by atoms with van der Waals surface area (Å²) < 4.78 is 0. The number of amides is 2.